The zero-order chi connectivity index (χ0) is 12.3. The third-order valence-corrected chi connectivity index (χ3v) is 3.48. The van der Waals surface area contributed by atoms with E-state index in [2.05, 4.69) is 17.4 Å². The van der Waals surface area contributed by atoms with Crippen molar-refractivity contribution in [3.05, 3.63) is 34.9 Å². The molecule has 1 unspecified atom stereocenters. The second kappa shape index (κ2) is 5.32. The predicted molar refractivity (Wildman–Crippen MR) is 67.4 cm³/mol. The largest absolute Gasteiger partial charge is 0.481 e. The van der Waals surface area contributed by atoms with Gasteiger partial charge in [-0.1, -0.05) is 18.2 Å². The Morgan fingerprint density at radius 3 is 2.71 bits per heavy atom. The zero-order valence-electron chi connectivity index (χ0n) is 10.2. The van der Waals surface area contributed by atoms with E-state index in [1.54, 1.807) is 7.05 Å². The van der Waals surface area contributed by atoms with E-state index in [0.29, 0.717) is 6.54 Å². The van der Waals surface area contributed by atoms with Gasteiger partial charge < -0.3 is 10.4 Å². The molecule has 2 rings (SSSR count). The molecule has 2 N–H and O–H groups in total. The molecule has 0 aliphatic heterocycles. The minimum absolute atomic E-state index is 0.438. The van der Waals surface area contributed by atoms with Crippen LogP contribution in [0.15, 0.2) is 18.2 Å². The van der Waals surface area contributed by atoms with Gasteiger partial charge >= 0.3 is 5.97 Å². The molecule has 0 amide bonds. The molecule has 1 atom stereocenters. The Balaban J connectivity index is 2.28. The second-order valence-electron chi connectivity index (χ2n) is 4.68. The molecule has 1 aromatic rings. The fourth-order valence-electron chi connectivity index (χ4n) is 2.52. The highest BCUT2D eigenvalue weighted by atomic mass is 16.4. The lowest BCUT2D eigenvalue weighted by Gasteiger charge is -2.19. The third-order valence-electron chi connectivity index (χ3n) is 3.48. The monoisotopic (exact) mass is 233 g/mol. The van der Waals surface area contributed by atoms with Crippen molar-refractivity contribution in [2.75, 3.05) is 13.6 Å². The summed E-state index contributed by atoms with van der Waals surface area (Å²) in [5, 5.41) is 12.2. The Bertz CT molecular complexity index is 415. The van der Waals surface area contributed by atoms with Crippen LogP contribution in [0.2, 0.25) is 0 Å². The lowest BCUT2D eigenvalue weighted by molar-refractivity contribution is -0.138. The predicted octanol–water partition coefficient (Wildman–Crippen LogP) is 1.95. The van der Waals surface area contributed by atoms with Gasteiger partial charge in [0.25, 0.3) is 0 Å². The van der Waals surface area contributed by atoms with E-state index in [9.17, 15) is 9.90 Å². The SMILES string of the molecule is CNCC(C(=O)O)c1ccc2c(c1)CCCC2. The van der Waals surface area contributed by atoms with Gasteiger partial charge in [0.2, 0.25) is 0 Å². The fraction of sp³-hybridized carbons (Fsp3) is 0.500. The van der Waals surface area contributed by atoms with Gasteiger partial charge in [-0.25, -0.2) is 0 Å². The average Bonchev–Trinajstić information content (AvgIpc) is 2.35. The molecule has 3 heteroatoms. The highest BCUT2D eigenvalue weighted by Crippen LogP contribution is 2.25. The van der Waals surface area contributed by atoms with Crippen LogP contribution in [0.3, 0.4) is 0 Å². The molecule has 1 aromatic carbocycles. The molecule has 0 bridgehead atoms. The van der Waals surface area contributed by atoms with Gasteiger partial charge in [0.15, 0.2) is 0 Å². The number of hydrogen-bond donors (Lipinski definition) is 2. The van der Waals surface area contributed by atoms with Crippen LogP contribution in [0.4, 0.5) is 0 Å². The van der Waals surface area contributed by atoms with Crippen molar-refractivity contribution >= 4 is 5.97 Å². The van der Waals surface area contributed by atoms with Crippen molar-refractivity contribution in [3.8, 4) is 0 Å². The number of aryl methyl sites for hydroxylation is 2. The lowest BCUT2D eigenvalue weighted by atomic mass is 9.87. The molecule has 0 saturated heterocycles. The quantitative estimate of drug-likeness (QED) is 0.835. The topological polar surface area (TPSA) is 49.3 Å². The summed E-state index contributed by atoms with van der Waals surface area (Å²) < 4.78 is 0. The first-order valence-corrected chi connectivity index (χ1v) is 6.21. The second-order valence-corrected chi connectivity index (χ2v) is 4.68. The summed E-state index contributed by atoms with van der Waals surface area (Å²) in [5.74, 6) is -1.19. The van der Waals surface area contributed by atoms with E-state index in [0.717, 1.165) is 18.4 Å². The van der Waals surface area contributed by atoms with Crippen LogP contribution < -0.4 is 5.32 Å². The van der Waals surface area contributed by atoms with Gasteiger partial charge in [0.1, 0.15) is 0 Å². The smallest absolute Gasteiger partial charge is 0.312 e. The van der Waals surface area contributed by atoms with Crippen molar-refractivity contribution in [1.82, 2.24) is 5.32 Å². The first kappa shape index (κ1) is 12.1. The Morgan fingerprint density at radius 1 is 1.35 bits per heavy atom. The summed E-state index contributed by atoms with van der Waals surface area (Å²) in [6.07, 6.45) is 4.71. The molecule has 0 saturated carbocycles. The summed E-state index contributed by atoms with van der Waals surface area (Å²) >= 11 is 0. The first-order valence-electron chi connectivity index (χ1n) is 6.21. The maximum Gasteiger partial charge on any atom is 0.312 e. The lowest BCUT2D eigenvalue weighted by Crippen LogP contribution is -2.24. The molecule has 0 spiro atoms. The standard InChI is InChI=1S/C14H19NO2/c1-15-9-13(14(16)17)12-7-6-10-4-2-3-5-11(10)8-12/h6-8,13,15H,2-5,9H2,1H3,(H,16,17). The molecular formula is C14H19NO2. The molecular weight excluding hydrogens is 214 g/mol. The Morgan fingerprint density at radius 2 is 2.06 bits per heavy atom. The normalized spacial score (nSPS) is 16.3. The first-order chi connectivity index (χ1) is 8.22. The van der Waals surface area contributed by atoms with E-state index in [1.807, 2.05) is 6.07 Å². The van der Waals surface area contributed by atoms with Crippen LogP contribution in [-0.4, -0.2) is 24.7 Å². The fourth-order valence-corrected chi connectivity index (χ4v) is 2.52. The van der Waals surface area contributed by atoms with Crippen molar-refractivity contribution in [3.63, 3.8) is 0 Å². The number of aliphatic carboxylic acids is 1. The van der Waals surface area contributed by atoms with Crippen molar-refractivity contribution in [1.29, 1.82) is 0 Å². The van der Waals surface area contributed by atoms with E-state index >= 15 is 0 Å². The highest BCUT2D eigenvalue weighted by Gasteiger charge is 2.20. The Hall–Kier alpha value is -1.35. The Kier molecular flexibility index (Phi) is 3.79. The van der Waals surface area contributed by atoms with Crippen molar-refractivity contribution < 1.29 is 9.90 Å². The van der Waals surface area contributed by atoms with Crippen LogP contribution in [0.1, 0.15) is 35.4 Å². The van der Waals surface area contributed by atoms with Crippen LogP contribution >= 0.6 is 0 Å². The Labute approximate surface area is 102 Å². The van der Waals surface area contributed by atoms with Crippen LogP contribution in [-0.2, 0) is 17.6 Å². The average molecular weight is 233 g/mol. The number of fused-ring (bicyclic) bond motifs is 1. The van der Waals surface area contributed by atoms with Crippen LogP contribution in [0.25, 0.3) is 0 Å². The number of likely N-dealkylation sites (N-methyl/N-ethyl adjacent to an activating group) is 1. The highest BCUT2D eigenvalue weighted by molar-refractivity contribution is 5.76. The number of rotatable bonds is 4. The van der Waals surface area contributed by atoms with E-state index in [4.69, 9.17) is 0 Å². The van der Waals surface area contributed by atoms with E-state index in [-0.39, 0.29) is 0 Å². The minimum Gasteiger partial charge on any atom is -0.481 e. The number of carboxylic acids is 1. The molecule has 92 valence electrons. The van der Waals surface area contributed by atoms with Gasteiger partial charge in [-0.2, -0.15) is 0 Å². The molecule has 0 aromatic heterocycles. The van der Waals surface area contributed by atoms with Gasteiger partial charge in [-0.15, -0.1) is 0 Å². The maximum atomic E-state index is 11.2. The molecule has 0 radical (unpaired) electrons. The van der Waals surface area contributed by atoms with Gasteiger partial charge in [-0.05, 0) is 49.4 Å². The zero-order valence-corrected chi connectivity index (χ0v) is 10.2. The number of carbonyl (C=O) groups is 1. The number of nitrogens with one attached hydrogen (secondary N) is 1. The van der Waals surface area contributed by atoms with E-state index < -0.39 is 11.9 Å². The summed E-state index contributed by atoms with van der Waals surface area (Å²) in [7, 11) is 1.79. The molecule has 1 aliphatic carbocycles. The summed E-state index contributed by atoms with van der Waals surface area (Å²) in [5.41, 5.74) is 3.66. The summed E-state index contributed by atoms with van der Waals surface area (Å²) in [4.78, 5) is 11.2. The number of benzene rings is 1. The van der Waals surface area contributed by atoms with Crippen LogP contribution in [0, 0.1) is 0 Å². The molecule has 0 heterocycles. The molecule has 3 nitrogen and oxygen atoms in total. The third kappa shape index (κ3) is 2.67. The summed E-state index contributed by atoms with van der Waals surface area (Å²) in [6.45, 7) is 0.480. The minimum atomic E-state index is -0.755. The van der Waals surface area contributed by atoms with E-state index in [1.165, 1.54) is 24.0 Å². The van der Waals surface area contributed by atoms with Gasteiger partial charge in [0, 0.05) is 6.54 Å². The number of hydrogen-bond acceptors (Lipinski definition) is 2. The maximum absolute atomic E-state index is 11.2. The van der Waals surface area contributed by atoms with Crippen LogP contribution in [0.5, 0.6) is 0 Å². The van der Waals surface area contributed by atoms with Gasteiger partial charge in [-0.3, -0.25) is 4.79 Å². The molecule has 0 fully saturated rings. The molecule has 1 aliphatic rings. The van der Waals surface area contributed by atoms with Gasteiger partial charge in [0.05, 0.1) is 5.92 Å². The number of carboxylic acid groups (broad SMARTS) is 1. The van der Waals surface area contributed by atoms with Crippen molar-refractivity contribution in [2.24, 2.45) is 0 Å². The molecule has 17 heavy (non-hydrogen) atoms. The van der Waals surface area contributed by atoms with Crippen molar-refractivity contribution in [2.45, 2.75) is 31.6 Å². The summed E-state index contributed by atoms with van der Waals surface area (Å²) in [6, 6.07) is 6.17.